The average molecular weight is 97.1 g/mol. The molecule has 38 valence electrons. The summed E-state index contributed by atoms with van der Waals surface area (Å²) in [6.07, 6.45) is 1.21. The molecule has 0 atom stereocenters. The second-order valence-corrected chi connectivity index (χ2v) is 1.01. The molecule has 0 saturated carbocycles. The third-order valence-electron chi connectivity index (χ3n) is 0.565. The molecule has 0 aromatic heterocycles. The summed E-state index contributed by atoms with van der Waals surface area (Å²) in [7, 11) is 0. The Labute approximate surface area is 42.2 Å². The molecule has 3 heteroatoms. The maximum absolute atomic E-state index is 8.05. The quantitative estimate of drug-likeness (QED) is 0.425. The molecule has 3 nitrogen and oxygen atoms in total. The lowest BCUT2D eigenvalue weighted by molar-refractivity contribution is 1.17. The molecule has 0 aliphatic heterocycles. The van der Waals surface area contributed by atoms with E-state index in [0.29, 0.717) is 5.57 Å². The van der Waals surface area contributed by atoms with Crippen LogP contribution in [0, 0.1) is 11.3 Å². The average Bonchev–Trinajstić information content (AvgIpc) is 1.72. The normalized spacial score (nSPS) is 10.6. The van der Waals surface area contributed by atoms with Crippen LogP contribution in [-0.2, 0) is 0 Å². The third kappa shape index (κ3) is 1.79. The van der Waals surface area contributed by atoms with Crippen molar-refractivity contribution in [3.05, 3.63) is 11.8 Å². The number of hydrogen-bond donors (Lipinski definition) is 2. The van der Waals surface area contributed by atoms with Gasteiger partial charge in [-0.3, -0.25) is 0 Å². The van der Waals surface area contributed by atoms with Crippen molar-refractivity contribution in [2.45, 2.75) is 0 Å². The van der Waals surface area contributed by atoms with Gasteiger partial charge < -0.3 is 11.5 Å². The van der Waals surface area contributed by atoms with Crippen LogP contribution in [0.5, 0.6) is 0 Å². The lowest BCUT2D eigenvalue weighted by Crippen LogP contribution is -2.02. The van der Waals surface area contributed by atoms with E-state index in [2.05, 4.69) is 0 Å². The summed E-state index contributed by atoms with van der Waals surface area (Å²) < 4.78 is 0. The van der Waals surface area contributed by atoms with E-state index in [1.54, 1.807) is 0 Å². The molecule has 0 radical (unpaired) electrons. The maximum atomic E-state index is 8.05. The molecule has 0 bridgehead atoms. The molecule has 0 unspecified atom stereocenters. The number of nitriles is 1. The van der Waals surface area contributed by atoms with Crippen LogP contribution < -0.4 is 11.5 Å². The molecule has 7 heavy (non-hydrogen) atoms. The van der Waals surface area contributed by atoms with E-state index in [1.807, 2.05) is 6.07 Å². The Kier molecular flexibility index (Phi) is 2.73. The Morgan fingerprint density at radius 2 is 2.43 bits per heavy atom. The van der Waals surface area contributed by atoms with E-state index >= 15 is 0 Å². The highest BCUT2D eigenvalue weighted by Gasteiger charge is 1.82. The molecule has 0 spiro atoms. The molecule has 4 N–H and O–H groups in total. The Balaban J connectivity index is 3.68. The summed E-state index contributed by atoms with van der Waals surface area (Å²) in [5.41, 5.74) is 10.4. The van der Waals surface area contributed by atoms with Gasteiger partial charge in [-0.2, -0.15) is 5.26 Å². The monoisotopic (exact) mass is 97.1 g/mol. The standard InChI is InChI=1S/C4H7N3/c5-1-4(2-6)3-7/h1H,2,5-6H2/b4-1+. The molecule has 0 aliphatic carbocycles. The smallest absolute Gasteiger partial charge is 0.0975 e. The highest BCUT2D eigenvalue weighted by Crippen LogP contribution is 1.79. The van der Waals surface area contributed by atoms with E-state index in [9.17, 15) is 0 Å². The Morgan fingerprint density at radius 1 is 1.86 bits per heavy atom. The number of hydrogen-bond acceptors (Lipinski definition) is 3. The zero-order valence-electron chi connectivity index (χ0n) is 3.89. The predicted octanol–water partition coefficient (Wildman–Crippen LogP) is -0.689. The van der Waals surface area contributed by atoms with Gasteiger partial charge in [0.05, 0.1) is 11.6 Å². The van der Waals surface area contributed by atoms with Gasteiger partial charge in [0.1, 0.15) is 0 Å². The molecule has 0 aromatic carbocycles. The highest BCUT2D eigenvalue weighted by atomic mass is 14.6. The molecule has 0 heterocycles. The van der Waals surface area contributed by atoms with Crippen LogP contribution in [0.4, 0.5) is 0 Å². The van der Waals surface area contributed by atoms with Crippen LogP contribution in [0.2, 0.25) is 0 Å². The Hall–Kier alpha value is -1.01. The zero-order chi connectivity index (χ0) is 5.70. The molecule has 0 saturated heterocycles. The minimum Gasteiger partial charge on any atom is -0.404 e. The van der Waals surface area contributed by atoms with Gasteiger partial charge in [0.25, 0.3) is 0 Å². The van der Waals surface area contributed by atoms with Gasteiger partial charge in [0.2, 0.25) is 0 Å². The summed E-state index contributed by atoms with van der Waals surface area (Å²) in [5.74, 6) is 0. The van der Waals surface area contributed by atoms with Crippen molar-refractivity contribution in [3.8, 4) is 6.07 Å². The van der Waals surface area contributed by atoms with Crippen molar-refractivity contribution in [1.29, 1.82) is 5.26 Å². The van der Waals surface area contributed by atoms with Crippen LogP contribution in [0.15, 0.2) is 11.8 Å². The van der Waals surface area contributed by atoms with Crippen molar-refractivity contribution in [3.63, 3.8) is 0 Å². The van der Waals surface area contributed by atoms with Crippen LogP contribution in [-0.4, -0.2) is 6.54 Å². The van der Waals surface area contributed by atoms with Gasteiger partial charge in [-0.15, -0.1) is 0 Å². The molecular formula is C4H7N3. The molecule has 0 rings (SSSR count). The Bertz CT molecular complexity index is 109. The van der Waals surface area contributed by atoms with E-state index in [4.69, 9.17) is 16.7 Å². The first-order valence-electron chi connectivity index (χ1n) is 1.86. The van der Waals surface area contributed by atoms with Crippen LogP contribution in [0.25, 0.3) is 0 Å². The lowest BCUT2D eigenvalue weighted by Gasteiger charge is -1.82. The first kappa shape index (κ1) is 5.99. The summed E-state index contributed by atoms with van der Waals surface area (Å²) >= 11 is 0. The van der Waals surface area contributed by atoms with E-state index in [0.717, 1.165) is 0 Å². The van der Waals surface area contributed by atoms with Gasteiger partial charge >= 0.3 is 0 Å². The summed E-state index contributed by atoms with van der Waals surface area (Å²) in [5, 5.41) is 8.05. The van der Waals surface area contributed by atoms with Crippen molar-refractivity contribution < 1.29 is 0 Å². The minimum atomic E-state index is 0.229. The minimum absolute atomic E-state index is 0.229. The summed E-state index contributed by atoms with van der Waals surface area (Å²) in [4.78, 5) is 0. The zero-order valence-corrected chi connectivity index (χ0v) is 3.89. The van der Waals surface area contributed by atoms with E-state index < -0.39 is 0 Å². The van der Waals surface area contributed by atoms with Gasteiger partial charge in [0.15, 0.2) is 0 Å². The number of rotatable bonds is 1. The second kappa shape index (κ2) is 3.19. The van der Waals surface area contributed by atoms with Crippen LogP contribution in [0.3, 0.4) is 0 Å². The van der Waals surface area contributed by atoms with Gasteiger partial charge in [-0.1, -0.05) is 0 Å². The molecule has 0 aliphatic rings. The van der Waals surface area contributed by atoms with Crippen molar-refractivity contribution in [1.82, 2.24) is 0 Å². The SMILES string of the molecule is N#C/C(=C/N)CN. The number of nitrogens with two attached hydrogens (primary N) is 2. The second-order valence-electron chi connectivity index (χ2n) is 1.01. The first-order valence-corrected chi connectivity index (χ1v) is 1.86. The third-order valence-corrected chi connectivity index (χ3v) is 0.565. The first-order chi connectivity index (χ1) is 3.35. The topological polar surface area (TPSA) is 75.8 Å². The molecule has 0 amide bonds. The fraction of sp³-hybridized carbons (Fsp3) is 0.250. The summed E-state index contributed by atoms with van der Waals surface area (Å²) in [6, 6.07) is 1.81. The predicted molar refractivity (Wildman–Crippen MR) is 26.9 cm³/mol. The van der Waals surface area contributed by atoms with Crippen LogP contribution >= 0.6 is 0 Å². The fourth-order valence-electron chi connectivity index (χ4n) is 0.151. The van der Waals surface area contributed by atoms with Crippen molar-refractivity contribution in [2.24, 2.45) is 11.5 Å². The van der Waals surface area contributed by atoms with Crippen molar-refractivity contribution in [2.75, 3.05) is 6.54 Å². The maximum Gasteiger partial charge on any atom is 0.0975 e. The fourth-order valence-corrected chi connectivity index (χ4v) is 0.151. The summed E-state index contributed by atoms with van der Waals surface area (Å²) in [6.45, 7) is 0.229. The molecule has 0 aromatic rings. The highest BCUT2D eigenvalue weighted by molar-refractivity contribution is 5.19. The largest absolute Gasteiger partial charge is 0.404 e. The van der Waals surface area contributed by atoms with E-state index in [1.165, 1.54) is 6.20 Å². The Morgan fingerprint density at radius 3 is 2.43 bits per heavy atom. The van der Waals surface area contributed by atoms with E-state index in [-0.39, 0.29) is 6.54 Å². The number of nitrogens with zero attached hydrogens (tertiary/aromatic N) is 1. The van der Waals surface area contributed by atoms with Gasteiger partial charge in [-0.25, -0.2) is 0 Å². The van der Waals surface area contributed by atoms with Crippen LogP contribution in [0.1, 0.15) is 0 Å². The molecular weight excluding hydrogens is 90.1 g/mol. The van der Waals surface area contributed by atoms with Gasteiger partial charge in [-0.05, 0) is 0 Å². The van der Waals surface area contributed by atoms with Gasteiger partial charge in [0, 0.05) is 12.7 Å². The lowest BCUT2D eigenvalue weighted by atomic mass is 10.3. The molecule has 0 fully saturated rings. The van der Waals surface area contributed by atoms with Crippen molar-refractivity contribution >= 4 is 0 Å².